The van der Waals surface area contributed by atoms with Gasteiger partial charge in [-0.05, 0) is 70.6 Å². The molecule has 440 valence electrons. The number of hydrogen-bond acceptors (Lipinski definition) is 6. The molecule has 0 saturated carbocycles. The predicted molar refractivity (Wildman–Crippen MR) is 330 cm³/mol. The van der Waals surface area contributed by atoms with Crippen molar-refractivity contribution in [3.8, 4) is 0 Å². The molecular weight excluding hydrogens is 937 g/mol. The number of esters is 3. The van der Waals surface area contributed by atoms with Crippen LogP contribution in [-0.4, -0.2) is 37.2 Å². The summed E-state index contributed by atoms with van der Waals surface area (Å²) in [6.45, 7) is 6.47. The van der Waals surface area contributed by atoms with Gasteiger partial charge in [0.15, 0.2) is 6.10 Å². The molecule has 6 nitrogen and oxygen atoms in total. The maximum absolute atomic E-state index is 12.8. The molecule has 0 radical (unpaired) electrons. The Labute approximate surface area is 472 Å². The van der Waals surface area contributed by atoms with E-state index in [0.717, 1.165) is 83.5 Å². The molecule has 0 bridgehead atoms. The van der Waals surface area contributed by atoms with Gasteiger partial charge in [-0.1, -0.05) is 318 Å². The fourth-order valence-corrected chi connectivity index (χ4v) is 9.58. The van der Waals surface area contributed by atoms with Crippen LogP contribution in [0.1, 0.15) is 335 Å². The number of carbonyl (C=O) groups is 3. The summed E-state index contributed by atoms with van der Waals surface area (Å²) < 4.78 is 16.8. The molecule has 0 spiro atoms. The summed E-state index contributed by atoms with van der Waals surface area (Å²) in [7, 11) is 0. The van der Waals surface area contributed by atoms with Gasteiger partial charge in [-0.3, -0.25) is 14.4 Å². The number of hydrogen-bond donors (Lipinski definition) is 0. The van der Waals surface area contributed by atoms with Crippen molar-refractivity contribution >= 4 is 17.9 Å². The van der Waals surface area contributed by atoms with Crippen molar-refractivity contribution in [3.05, 3.63) is 72.9 Å². The summed E-state index contributed by atoms with van der Waals surface area (Å²) in [5.74, 6) is -1.04. The first-order valence-corrected chi connectivity index (χ1v) is 32.9. The van der Waals surface area contributed by atoms with Crippen LogP contribution in [0.5, 0.6) is 0 Å². The summed E-state index contributed by atoms with van der Waals surface area (Å²) in [5, 5.41) is 0. The van der Waals surface area contributed by atoms with Crippen LogP contribution in [-0.2, 0) is 28.6 Å². The molecule has 0 rings (SSSR count). The lowest BCUT2D eigenvalue weighted by Crippen LogP contribution is -2.30. The Hall–Kier alpha value is -3.15. The van der Waals surface area contributed by atoms with Gasteiger partial charge in [0, 0.05) is 12.8 Å². The third-order valence-corrected chi connectivity index (χ3v) is 14.5. The van der Waals surface area contributed by atoms with E-state index in [-0.39, 0.29) is 31.6 Å². The number of rotatable bonds is 60. The molecule has 0 amide bonds. The smallest absolute Gasteiger partial charge is 0.310 e. The Morgan fingerprint density at radius 1 is 0.289 bits per heavy atom. The minimum atomic E-state index is -0.832. The molecule has 6 heteroatoms. The Morgan fingerprint density at radius 2 is 0.553 bits per heavy atom. The molecule has 0 saturated heterocycles. The highest BCUT2D eigenvalue weighted by Crippen LogP contribution is 2.18. The van der Waals surface area contributed by atoms with Gasteiger partial charge in [0.05, 0.1) is 6.42 Å². The lowest BCUT2D eigenvalue weighted by atomic mass is 10.0. The molecule has 0 heterocycles. The molecule has 0 aromatic rings. The summed E-state index contributed by atoms with van der Waals surface area (Å²) in [4.78, 5) is 38.2. The minimum Gasteiger partial charge on any atom is -0.462 e. The molecule has 0 aromatic heterocycles. The molecule has 0 aromatic carbocycles. The van der Waals surface area contributed by atoms with Crippen LogP contribution in [0.3, 0.4) is 0 Å². The molecule has 0 aliphatic rings. The normalized spacial score (nSPS) is 12.5. The first-order valence-electron chi connectivity index (χ1n) is 32.9. The van der Waals surface area contributed by atoms with Crippen molar-refractivity contribution in [1.29, 1.82) is 0 Å². The highest BCUT2D eigenvalue weighted by molar-refractivity contribution is 5.72. The number of carbonyl (C=O) groups excluding carboxylic acids is 3. The number of ether oxygens (including phenoxy) is 3. The Bertz CT molecular complexity index is 1400. The predicted octanol–water partition coefficient (Wildman–Crippen LogP) is 22.5. The van der Waals surface area contributed by atoms with E-state index in [1.54, 1.807) is 6.08 Å². The highest BCUT2D eigenvalue weighted by Gasteiger charge is 2.19. The molecule has 1 atom stereocenters. The Kier molecular flexibility index (Phi) is 61.7. The van der Waals surface area contributed by atoms with Gasteiger partial charge in [0.1, 0.15) is 13.2 Å². The second-order valence-corrected chi connectivity index (χ2v) is 22.0. The zero-order chi connectivity index (χ0) is 55.0. The van der Waals surface area contributed by atoms with Crippen molar-refractivity contribution in [3.63, 3.8) is 0 Å². The van der Waals surface area contributed by atoms with Gasteiger partial charge in [-0.15, -0.1) is 0 Å². The Balaban J connectivity index is 4.24. The standard InChI is InChI=1S/C70H124O6/c1-4-7-10-13-16-19-22-25-28-29-30-31-32-33-34-35-36-37-38-39-40-41-43-45-48-51-54-57-60-63-69(72)75-66-67(65-74-68(71)62-59-56-53-50-47-44-27-24-21-18-15-12-9-6-3)76-70(73)64-61-58-55-52-49-46-42-26-23-20-17-14-11-8-5-2/h8,11,17,20,24,26-27,42,49,52,58,61,67H,4-7,9-10,12-16,18-19,21-23,25,28-41,43-48,50-51,53-57,59-60,62-66H2,1-3H3/b11-8-,20-17-,27-24-,42-26-,52-49-,61-58-. The highest BCUT2D eigenvalue weighted by atomic mass is 16.6. The summed E-state index contributed by atoms with van der Waals surface area (Å²) in [6.07, 6.45) is 83.9. The maximum atomic E-state index is 12.8. The zero-order valence-corrected chi connectivity index (χ0v) is 50.5. The van der Waals surface area contributed by atoms with E-state index in [0.29, 0.717) is 12.8 Å². The van der Waals surface area contributed by atoms with Gasteiger partial charge >= 0.3 is 17.9 Å². The monoisotopic (exact) mass is 1060 g/mol. The van der Waals surface area contributed by atoms with Gasteiger partial charge in [-0.25, -0.2) is 0 Å². The summed E-state index contributed by atoms with van der Waals surface area (Å²) >= 11 is 0. The number of unbranched alkanes of at least 4 members (excludes halogenated alkanes) is 38. The van der Waals surface area contributed by atoms with Crippen LogP contribution in [0, 0.1) is 0 Å². The molecular formula is C70H124O6. The molecule has 0 aliphatic heterocycles. The molecule has 76 heavy (non-hydrogen) atoms. The van der Waals surface area contributed by atoms with Crippen LogP contribution < -0.4 is 0 Å². The van der Waals surface area contributed by atoms with Gasteiger partial charge < -0.3 is 14.2 Å². The number of allylic oxidation sites excluding steroid dienone is 11. The fourth-order valence-electron chi connectivity index (χ4n) is 9.58. The minimum absolute atomic E-state index is 0.0976. The van der Waals surface area contributed by atoms with E-state index in [1.165, 1.54) is 212 Å². The van der Waals surface area contributed by atoms with Crippen LogP contribution in [0.25, 0.3) is 0 Å². The molecule has 0 N–H and O–H groups in total. The first-order chi connectivity index (χ1) is 37.5. The zero-order valence-electron chi connectivity index (χ0n) is 50.5. The van der Waals surface area contributed by atoms with Crippen molar-refractivity contribution in [2.45, 2.75) is 341 Å². The fraction of sp³-hybridized carbons (Fsp3) is 0.786. The van der Waals surface area contributed by atoms with Crippen molar-refractivity contribution in [1.82, 2.24) is 0 Å². The van der Waals surface area contributed by atoms with Crippen LogP contribution >= 0.6 is 0 Å². The van der Waals surface area contributed by atoms with Gasteiger partial charge in [0.2, 0.25) is 0 Å². The third kappa shape index (κ3) is 61.7. The van der Waals surface area contributed by atoms with Gasteiger partial charge in [-0.2, -0.15) is 0 Å². The van der Waals surface area contributed by atoms with Crippen LogP contribution in [0.4, 0.5) is 0 Å². The Morgan fingerprint density at radius 3 is 0.855 bits per heavy atom. The van der Waals surface area contributed by atoms with E-state index in [4.69, 9.17) is 14.2 Å². The molecule has 0 fully saturated rings. The first kappa shape index (κ1) is 72.8. The molecule has 0 aliphatic carbocycles. The summed E-state index contributed by atoms with van der Waals surface area (Å²) in [5.41, 5.74) is 0. The van der Waals surface area contributed by atoms with Crippen LogP contribution in [0.2, 0.25) is 0 Å². The van der Waals surface area contributed by atoms with E-state index in [2.05, 4.69) is 81.5 Å². The quantitative estimate of drug-likeness (QED) is 0.0261. The maximum Gasteiger partial charge on any atom is 0.310 e. The topological polar surface area (TPSA) is 78.9 Å². The average molecular weight is 1060 g/mol. The molecule has 1 unspecified atom stereocenters. The van der Waals surface area contributed by atoms with E-state index < -0.39 is 12.1 Å². The lowest BCUT2D eigenvalue weighted by Gasteiger charge is -2.18. The second-order valence-electron chi connectivity index (χ2n) is 22.0. The van der Waals surface area contributed by atoms with Crippen molar-refractivity contribution < 1.29 is 28.6 Å². The van der Waals surface area contributed by atoms with Crippen molar-refractivity contribution in [2.24, 2.45) is 0 Å². The third-order valence-electron chi connectivity index (χ3n) is 14.5. The van der Waals surface area contributed by atoms with E-state index >= 15 is 0 Å². The average Bonchev–Trinajstić information content (AvgIpc) is 3.42. The van der Waals surface area contributed by atoms with E-state index in [9.17, 15) is 14.4 Å². The second kappa shape index (κ2) is 64.4. The largest absolute Gasteiger partial charge is 0.462 e. The van der Waals surface area contributed by atoms with Gasteiger partial charge in [0.25, 0.3) is 0 Å². The van der Waals surface area contributed by atoms with E-state index in [1.807, 2.05) is 6.08 Å². The SMILES string of the molecule is CC/C=C\C/C=C\C/C=C\C/C=C\C/C=C\CC(=O)OC(COC(=O)CCCCCCC/C=C\CCCCCCC)COC(=O)CCCCCCCCCCCCCCCCCCCCCCCCCCCCCCC. The summed E-state index contributed by atoms with van der Waals surface area (Å²) in [6, 6.07) is 0. The van der Waals surface area contributed by atoms with Crippen molar-refractivity contribution in [2.75, 3.05) is 13.2 Å². The van der Waals surface area contributed by atoms with Crippen LogP contribution in [0.15, 0.2) is 72.9 Å². The lowest BCUT2D eigenvalue weighted by molar-refractivity contribution is -0.166.